The molecule has 48 heavy (non-hydrogen) atoms. The number of alkyl halides is 3. The van der Waals surface area contributed by atoms with Crippen molar-refractivity contribution in [3.05, 3.63) is 137 Å². The molecule has 4 aromatic carbocycles. The van der Waals surface area contributed by atoms with Crippen molar-refractivity contribution in [2.45, 2.75) is 44.7 Å². The monoisotopic (exact) mass is 675 g/mol. The molecule has 250 valence electrons. The van der Waals surface area contributed by atoms with Crippen LogP contribution in [0.4, 0.5) is 13.2 Å². The quantitative estimate of drug-likeness (QED) is 0.150. The van der Waals surface area contributed by atoms with Crippen LogP contribution in [-0.4, -0.2) is 36.3 Å². The highest BCUT2D eigenvalue weighted by Gasteiger charge is 2.33. The molecule has 1 N–H and O–H groups in total. The number of halogens is 3. The molecule has 0 aliphatic carbocycles. The van der Waals surface area contributed by atoms with E-state index in [1.165, 1.54) is 12.1 Å². The zero-order valence-electron chi connectivity index (χ0n) is 26.5. The Morgan fingerprint density at radius 2 is 1.54 bits per heavy atom. The van der Waals surface area contributed by atoms with Gasteiger partial charge in [-0.15, -0.1) is 0 Å². The normalized spacial score (nSPS) is 12.9. The first-order chi connectivity index (χ1) is 22.6. The standard InChI is InChI=1S/C37H35F3N2O5S/c1-36(2,3)29-17-15-25(16-18-29)31(21-24-11-13-26(14-12-24)35(43)41-19-20-48(44,45)46)33-23-34(47-42-33)28-8-6-7-27(22-28)30-9-4-5-10-32(30)37(38,39)40/h4-18,22-23,31H,19-21H2,1-3H3,(H,41,43)(H,44,45,46)/p-1. The number of amides is 1. The minimum Gasteiger partial charge on any atom is -0.748 e. The number of nitrogens with zero attached hydrogens (tertiary/aromatic N) is 1. The minimum absolute atomic E-state index is 0.0564. The van der Waals surface area contributed by atoms with Crippen LogP contribution in [0.1, 0.15) is 65.0 Å². The number of carbonyl (C=O) groups excluding carboxylic acids is 1. The molecule has 7 nitrogen and oxygen atoms in total. The van der Waals surface area contributed by atoms with Crippen molar-refractivity contribution in [3.8, 4) is 22.5 Å². The van der Waals surface area contributed by atoms with Gasteiger partial charge in [-0.1, -0.05) is 98.7 Å². The highest BCUT2D eigenvalue weighted by Crippen LogP contribution is 2.39. The lowest BCUT2D eigenvalue weighted by Crippen LogP contribution is -2.28. The number of carbonyl (C=O) groups is 1. The molecule has 1 amide bonds. The first-order valence-electron chi connectivity index (χ1n) is 15.2. The molecule has 1 aromatic heterocycles. The van der Waals surface area contributed by atoms with Crippen LogP contribution >= 0.6 is 0 Å². The Morgan fingerprint density at radius 1 is 0.875 bits per heavy atom. The lowest BCUT2D eigenvalue weighted by molar-refractivity contribution is -0.137. The van der Waals surface area contributed by atoms with E-state index in [0.29, 0.717) is 34.6 Å². The molecular formula is C37H34F3N2O5S-. The molecular weight excluding hydrogens is 641 g/mol. The SMILES string of the molecule is CC(C)(C)c1ccc(C(Cc2ccc(C(=O)NCCS(=O)(=O)[O-])cc2)c2cc(-c3cccc(-c4ccccc4C(F)(F)F)c3)on2)cc1. The summed E-state index contributed by atoms with van der Waals surface area (Å²) in [6.07, 6.45) is -4.03. The molecule has 0 saturated heterocycles. The van der Waals surface area contributed by atoms with Crippen LogP contribution in [0.2, 0.25) is 0 Å². The maximum atomic E-state index is 13.8. The molecule has 0 spiro atoms. The average molecular weight is 676 g/mol. The van der Waals surface area contributed by atoms with Crippen molar-refractivity contribution in [1.82, 2.24) is 10.5 Å². The predicted octanol–water partition coefficient (Wildman–Crippen LogP) is 7.97. The second-order valence-corrected chi connectivity index (χ2v) is 14.1. The van der Waals surface area contributed by atoms with E-state index in [4.69, 9.17) is 4.52 Å². The van der Waals surface area contributed by atoms with E-state index in [1.807, 2.05) is 12.1 Å². The van der Waals surface area contributed by atoms with Gasteiger partial charge in [-0.3, -0.25) is 4.79 Å². The lowest BCUT2D eigenvalue weighted by Gasteiger charge is -2.21. The maximum Gasteiger partial charge on any atom is 0.417 e. The fourth-order valence-electron chi connectivity index (χ4n) is 5.44. The number of nitrogens with one attached hydrogen (secondary N) is 1. The number of hydrogen-bond donors (Lipinski definition) is 1. The second-order valence-electron chi connectivity index (χ2n) is 12.6. The van der Waals surface area contributed by atoms with Crippen molar-refractivity contribution in [3.63, 3.8) is 0 Å². The number of rotatable bonds is 10. The molecule has 0 fully saturated rings. The number of benzene rings is 4. The molecule has 0 radical (unpaired) electrons. The van der Waals surface area contributed by atoms with Gasteiger partial charge in [-0.05, 0) is 63.9 Å². The lowest BCUT2D eigenvalue weighted by atomic mass is 9.83. The van der Waals surface area contributed by atoms with Gasteiger partial charge in [-0.25, -0.2) is 8.42 Å². The van der Waals surface area contributed by atoms with Crippen LogP contribution in [0.5, 0.6) is 0 Å². The Labute approximate surface area is 277 Å². The van der Waals surface area contributed by atoms with E-state index in [-0.39, 0.29) is 23.4 Å². The second kappa shape index (κ2) is 13.8. The van der Waals surface area contributed by atoms with Crippen molar-refractivity contribution < 1.29 is 35.5 Å². The Bertz CT molecular complexity index is 2000. The molecule has 5 aromatic rings. The zero-order chi connectivity index (χ0) is 34.7. The van der Waals surface area contributed by atoms with E-state index in [0.717, 1.165) is 22.8 Å². The summed E-state index contributed by atoms with van der Waals surface area (Å²) in [5.41, 5.74) is 4.19. The molecule has 1 heterocycles. The van der Waals surface area contributed by atoms with E-state index < -0.39 is 33.5 Å². The summed E-state index contributed by atoms with van der Waals surface area (Å²) in [5, 5.41) is 6.83. The topological polar surface area (TPSA) is 112 Å². The summed E-state index contributed by atoms with van der Waals surface area (Å²) in [6, 6.07) is 29.0. The van der Waals surface area contributed by atoms with Crippen LogP contribution in [0, 0.1) is 0 Å². The van der Waals surface area contributed by atoms with Gasteiger partial charge in [0.15, 0.2) is 5.76 Å². The third kappa shape index (κ3) is 8.59. The first-order valence-corrected chi connectivity index (χ1v) is 16.8. The predicted molar refractivity (Wildman–Crippen MR) is 176 cm³/mol. The fourth-order valence-corrected chi connectivity index (χ4v) is 5.79. The summed E-state index contributed by atoms with van der Waals surface area (Å²) in [7, 11) is -4.44. The molecule has 0 aliphatic rings. The Hall–Kier alpha value is -4.74. The number of hydrogen-bond acceptors (Lipinski definition) is 6. The molecule has 5 rings (SSSR count). The van der Waals surface area contributed by atoms with Gasteiger partial charge in [0.05, 0.1) is 27.1 Å². The Kier molecular flexibility index (Phi) is 9.93. The fraction of sp³-hybridized carbons (Fsp3) is 0.243. The maximum absolute atomic E-state index is 13.8. The van der Waals surface area contributed by atoms with Crippen molar-refractivity contribution in [1.29, 1.82) is 0 Å². The summed E-state index contributed by atoms with van der Waals surface area (Å²) in [6.45, 7) is 6.09. The summed E-state index contributed by atoms with van der Waals surface area (Å²) in [5.74, 6) is -1.06. The highest BCUT2D eigenvalue weighted by molar-refractivity contribution is 7.85. The van der Waals surface area contributed by atoms with Gasteiger partial charge < -0.3 is 14.4 Å². The smallest absolute Gasteiger partial charge is 0.417 e. The Morgan fingerprint density at radius 3 is 2.19 bits per heavy atom. The van der Waals surface area contributed by atoms with Crippen molar-refractivity contribution >= 4 is 16.0 Å². The highest BCUT2D eigenvalue weighted by atomic mass is 32.2. The molecule has 0 bridgehead atoms. The molecule has 0 aliphatic heterocycles. The van der Waals surface area contributed by atoms with Crippen molar-refractivity contribution in [2.24, 2.45) is 0 Å². The van der Waals surface area contributed by atoms with Gasteiger partial charge in [-0.2, -0.15) is 13.2 Å². The van der Waals surface area contributed by atoms with Gasteiger partial charge >= 0.3 is 6.18 Å². The summed E-state index contributed by atoms with van der Waals surface area (Å²) >= 11 is 0. The van der Waals surface area contributed by atoms with Gasteiger partial charge in [0.2, 0.25) is 0 Å². The van der Waals surface area contributed by atoms with Crippen LogP contribution in [0.25, 0.3) is 22.5 Å². The number of aromatic nitrogens is 1. The summed E-state index contributed by atoms with van der Waals surface area (Å²) < 4.78 is 79.6. The van der Waals surface area contributed by atoms with E-state index >= 15 is 0 Å². The zero-order valence-corrected chi connectivity index (χ0v) is 27.4. The van der Waals surface area contributed by atoms with E-state index in [1.54, 1.807) is 60.7 Å². The van der Waals surface area contributed by atoms with Crippen LogP contribution in [-0.2, 0) is 28.1 Å². The Balaban J connectivity index is 1.44. The van der Waals surface area contributed by atoms with Crippen LogP contribution < -0.4 is 5.32 Å². The molecule has 1 atom stereocenters. The first kappa shape index (κ1) is 34.6. The van der Waals surface area contributed by atoms with Gasteiger partial charge in [0.25, 0.3) is 5.91 Å². The summed E-state index contributed by atoms with van der Waals surface area (Å²) in [4.78, 5) is 12.5. The largest absolute Gasteiger partial charge is 0.748 e. The molecule has 0 saturated carbocycles. The third-order valence-electron chi connectivity index (χ3n) is 8.05. The average Bonchev–Trinajstić information content (AvgIpc) is 3.53. The molecule has 1 unspecified atom stereocenters. The van der Waals surface area contributed by atoms with Crippen LogP contribution in [0.15, 0.2) is 108 Å². The van der Waals surface area contributed by atoms with E-state index in [9.17, 15) is 30.9 Å². The van der Waals surface area contributed by atoms with Crippen molar-refractivity contribution in [2.75, 3.05) is 12.3 Å². The molecule has 11 heteroatoms. The third-order valence-corrected chi connectivity index (χ3v) is 8.75. The van der Waals surface area contributed by atoms with Gasteiger partial charge in [0.1, 0.15) is 0 Å². The van der Waals surface area contributed by atoms with Crippen LogP contribution in [0.3, 0.4) is 0 Å². The van der Waals surface area contributed by atoms with Gasteiger partial charge in [0, 0.05) is 29.7 Å². The minimum atomic E-state index is -4.51. The van der Waals surface area contributed by atoms with E-state index in [2.05, 4.69) is 43.4 Å².